The Morgan fingerprint density at radius 2 is 1.17 bits per heavy atom. The van der Waals surface area contributed by atoms with E-state index in [1.807, 2.05) is 58.0 Å². The lowest BCUT2D eigenvalue weighted by Crippen LogP contribution is -2.04. The second-order valence-electron chi connectivity index (χ2n) is 2.74. The lowest BCUT2D eigenvalue weighted by Gasteiger charge is -2.00. The van der Waals surface area contributed by atoms with Crippen molar-refractivity contribution in [2.24, 2.45) is 0 Å². The first-order chi connectivity index (χ1) is 8.75. The predicted octanol–water partition coefficient (Wildman–Crippen LogP) is 2.76. The average molecular weight is 247 g/mol. The molecule has 0 fully saturated rings. The van der Waals surface area contributed by atoms with Crippen LogP contribution in [0.15, 0.2) is 30.3 Å². The van der Waals surface area contributed by atoms with Crippen molar-refractivity contribution in [3.8, 4) is 11.4 Å². The van der Waals surface area contributed by atoms with Gasteiger partial charge in [0.1, 0.15) is 0 Å². The van der Waals surface area contributed by atoms with E-state index < -0.39 is 0 Å². The van der Waals surface area contributed by atoms with Crippen LogP contribution in [0.1, 0.15) is 27.7 Å². The van der Waals surface area contributed by atoms with Crippen molar-refractivity contribution in [3.05, 3.63) is 30.3 Å². The second kappa shape index (κ2) is 8.92. The van der Waals surface area contributed by atoms with E-state index in [1.165, 1.54) is 0 Å². The summed E-state index contributed by atoms with van der Waals surface area (Å²) in [5.74, 6) is 0.767. The molecule has 4 N–H and O–H groups in total. The molecule has 0 amide bonds. The van der Waals surface area contributed by atoms with Gasteiger partial charge < -0.3 is 11.5 Å². The molecule has 1 aromatic carbocycles. The van der Waals surface area contributed by atoms with Crippen LogP contribution in [-0.2, 0) is 0 Å². The summed E-state index contributed by atoms with van der Waals surface area (Å²) in [5.41, 5.74) is 11.8. The van der Waals surface area contributed by atoms with Crippen molar-refractivity contribution >= 4 is 11.9 Å². The van der Waals surface area contributed by atoms with E-state index in [4.69, 9.17) is 11.5 Å². The molecule has 1 aromatic heterocycles. The fraction of sp³-hybridized carbons (Fsp3) is 0.308. The monoisotopic (exact) mass is 247 g/mol. The molecule has 0 spiro atoms. The van der Waals surface area contributed by atoms with Gasteiger partial charge in [-0.1, -0.05) is 58.0 Å². The molecule has 0 atom stereocenters. The van der Waals surface area contributed by atoms with Gasteiger partial charge in [-0.05, 0) is 0 Å². The minimum Gasteiger partial charge on any atom is -0.368 e. The average Bonchev–Trinajstić information content (AvgIpc) is 2.43. The number of hydrogen-bond acceptors (Lipinski definition) is 5. The smallest absolute Gasteiger partial charge is 0.225 e. The molecule has 18 heavy (non-hydrogen) atoms. The normalized spacial score (nSPS) is 8.44. The fourth-order valence-corrected chi connectivity index (χ4v) is 1.13. The van der Waals surface area contributed by atoms with E-state index >= 15 is 0 Å². The number of nitrogens with zero attached hydrogens (tertiary/aromatic N) is 3. The molecular weight excluding hydrogens is 226 g/mol. The largest absolute Gasteiger partial charge is 0.368 e. The summed E-state index contributed by atoms with van der Waals surface area (Å²) in [4.78, 5) is 11.7. The Labute approximate surface area is 108 Å². The van der Waals surface area contributed by atoms with Gasteiger partial charge in [0.05, 0.1) is 0 Å². The molecule has 2 rings (SSSR count). The fourth-order valence-electron chi connectivity index (χ4n) is 1.13. The van der Waals surface area contributed by atoms with Gasteiger partial charge in [0.25, 0.3) is 0 Å². The Morgan fingerprint density at radius 3 is 1.61 bits per heavy atom. The standard InChI is InChI=1S/C9H9N5.2C2H6/c10-8-12-7(13-9(11)14-8)6-4-2-1-3-5-6;2*1-2/h1-5H,(H4,10,11,12,13,14);2*1-2H3. The maximum absolute atomic E-state index is 5.45. The number of anilines is 2. The van der Waals surface area contributed by atoms with Gasteiger partial charge in [-0.3, -0.25) is 0 Å². The number of aromatic nitrogens is 3. The van der Waals surface area contributed by atoms with Crippen molar-refractivity contribution in [1.29, 1.82) is 0 Å². The first kappa shape index (κ1) is 15.8. The van der Waals surface area contributed by atoms with Crippen LogP contribution < -0.4 is 11.5 Å². The van der Waals surface area contributed by atoms with Crippen molar-refractivity contribution in [1.82, 2.24) is 15.0 Å². The number of hydrogen-bond donors (Lipinski definition) is 2. The Balaban J connectivity index is 0.000000659. The summed E-state index contributed by atoms with van der Waals surface area (Å²) in [6, 6.07) is 9.47. The van der Waals surface area contributed by atoms with E-state index in [-0.39, 0.29) is 11.9 Å². The predicted molar refractivity (Wildman–Crippen MR) is 76.8 cm³/mol. The molecule has 5 nitrogen and oxygen atoms in total. The van der Waals surface area contributed by atoms with Gasteiger partial charge in [0, 0.05) is 5.56 Å². The summed E-state index contributed by atoms with van der Waals surface area (Å²) < 4.78 is 0. The number of nitrogen functional groups attached to an aromatic ring is 2. The Hall–Kier alpha value is -2.17. The third-order valence-electron chi connectivity index (χ3n) is 1.70. The first-order valence-electron chi connectivity index (χ1n) is 6.08. The topological polar surface area (TPSA) is 90.7 Å². The van der Waals surface area contributed by atoms with Crippen LogP contribution in [0.5, 0.6) is 0 Å². The van der Waals surface area contributed by atoms with E-state index in [2.05, 4.69) is 15.0 Å². The lowest BCUT2D eigenvalue weighted by atomic mass is 10.2. The maximum atomic E-state index is 5.45. The molecule has 98 valence electrons. The third-order valence-corrected chi connectivity index (χ3v) is 1.70. The van der Waals surface area contributed by atoms with Gasteiger partial charge in [0.2, 0.25) is 11.9 Å². The highest BCUT2D eigenvalue weighted by Gasteiger charge is 2.03. The van der Waals surface area contributed by atoms with Crippen molar-refractivity contribution < 1.29 is 0 Å². The van der Waals surface area contributed by atoms with Gasteiger partial charge in [0.15, 0.2) is 5.82 Å². The molecule has 0 saturated heterocycles. The molecule has 0 unspecified atom stereocenters. The molecule has 0 aliphatic carbocycles. The highest BCUT2D eigenvalue weighted by atomic mass is 15.1. The first-order valence-corrected chi connectivity index (χ1v) is 6.08. The molecule has 0 aliphatic rings. The third kappa shape index (κ3) is 4.78. The molecular formula is C13H21N5. The lowest BCUT2D eigenvalue weighted by molar-refractivity contribution is 1.09. The Morgan fingerprint density at radius 1 is 0.722 bits per heavy atom. The van der Waals surface area contributed by atoms with E-state index in [1.54, 1.807) is 0 Å². The quantitative estimate of drug-likeness (QED) is 0.808. The second-order valence-corrected chi connectivity index (χ2v) is 2.74. The Bertz CT molecular complexity index is 422. The van der Waals surface area contributed by atoms with Crippen LogP contribution in [0.2, 0.25) is 0 Å². The summed E-state index contributed by atoms with van der Waals surface area (Å²) in [7, 11) is 0. The van der Waals surface area contributed by atoms with Crippen LogP contribution in [0.3, 0.4) is 0 Å². The Kier molecular flexibility index (Phi) is 7.85. The summed E-state index contributed by atoms with van der Waals surface area (Å²) in [6.07, 6.45) is 0. The summed E-state index contributed by atoms with van der Waals surface area (Å²) >= 11 is 0. The number of benzene rings is 1. The van der Waals surface area contributed by atoms with Gasteiger partial charge in [-0.2, -0.15) is 15.0 Å². The SMILES string of the molecule is CC.CC.Nc1nc(N)nc(-c2ccccc2)n1. The zero-order chi connectivity index (χ0) is 14.0. The molecule has 5 heteroatoms. The van der Waals surface area contributed by atoms with Crippen molar-refractivity contribution in [3.63, 3.8) is 0 Å². The summed E-state index contributed by atoms with van der Waals surface area (Å²) in [5, 5.41) is 0. The van der Waals surface area contributed by atoms with Crippen LogP contribution >= 0.6 is 0 Å². The van der Waals surface area contributed by atoms with Gasteiger partial charge in [-0.25, -0.2) is 0 Å². The van der Waals surface area contributed by atoms with Crippen LogP contribution in [-0.4, -0.2) is 15.0 Å². The van der Waals surface area contributed by atoms with Crippen molar-refractivity contribution in [2.75, 3.05) is 11.5 Å². The minimum atomic E-state index is 0.136. The molecule has 0 saturated carbocycles. The zero-order valence-electron chi connectivity index (χ0n) is 11.4. The van der Waals surface area contributed by atoms with Crippen molar-refractivity contribution in [2.45, 2.75) is 27.7 Å². The maximum Gasteiger partial charge on any atom is 0.225 e. The number of nitrogens with two attached hydrogens (primary N) is 2. The molecule has 0 aliphatic heterocycles. The molecule has 0 bridgehead atoms. The molecule has 2 aromatic rings. The zero-order valence-corrected chi connectivity index (χ0v) is 11.4. The van der Waals surface area contributed by atoms with E-state index in [0.717, 1.165) is 5.56 Å². The van der Waals surface area contributed by atoms with Crippen LogP contribution in [0.25, 0.3) is 11.4 Å². The van der Waals surface area contributed by atoms with Crippen LogP contribution in [0.4, 0.5) is 11.9 Å². The van der Waals surface area contributed by atoms with Crippen LogP contribution in [0, 0.1) is 0 Å². The summed E-state index contributed by atoms with van der Waals surface area (Å²) in [6.45, 7) is 8.00. The highest BCUT2D eigenvalue weighted by molar-refractivity contribution is 5.56. The molecule has 0 radical (unpaired) electrons. The van der Waals surface area contributed by atoms with Gasteiger partial charge in [-0.15, -0.1) is 0 Å². The highest BCUT2D eigenvalue weighted by Crippen LogP contribution is 2.14. The number of rotatable bonds is 1. The van der Waals surface area contributed by atoms with Gasteiger partial charge >= 0.3 is 0 Å². The molecule has 1 heterocycles. The van der Waals surface area contributed by atoms with E-state index in [9.17, 15) is 0 Å². The van der Waals surface area contributed by atoms with E-state index in [0.29, 0.717) is 5.82 Å². The minimum absolute atomic E-state index is 0.136.